The standard InChI is InChI=1S/C25H28N4O4S/c1-17-16-27(25(31)20-5-3-6-20)24-15-21(9-12-23(24)29(17)18(2)30)19-7-10-22(11-8-19)34(32,33)28-14-4-13-26-28/h4,7-13,15,17,20,26H,3,5-6,14,16H2,1-2H3/t17-/m0/s1. The Hall–Kier alpha value is -3.17. The van der Waals surface area contributed by atoms with E-state index in [0.29, 0.717) is 6.54 Å². The molecule has 0 aromatic heterocycles. The first-order chi connectivity index (χ1) is 16.3. The van der Waals surface area contributed by atoms with Crippen molar-refractivity contribution in [2.75, 3.05) is 22.9 Å². The van der Waals surface area contributed by atoms with E-state index < -0.39 is 10.0 Å². The van der Waals surface area contributed by atoms with Gasteiger partial charge in [0.1, 0.15) is 0 Å². The van der Waals surface area contributed by atoms with E-state index in [-0.39, 0.29) is 35.2 Å². The Morgan fingerprint density at radius 3 is 2.29 bits per heavy atom. The van der Waals surface area contributed by atoms with Gasteiger partial charge in [-0.2, -0.15) is 0 Å². The van der Waals surface area contributed by atoms with E-state index in [1.807, 2.05) is 30.0 Å². The predicted molar refractivity (Wildman–Crippen MR) is 130 cm³/mol. The lowest BCUT2D eigenvalue weighted by molar-refractivity contribution is -0.125. The first kappa shape index (κ1) is 22.6. The highest BCUT2D eigenvalue weighted by molar-refractivity contribution is 7.89. The van der Waals surface area contributed by atoms with Crippen LogP contribution in [0.4, 0.5) is 11.4 Å². The van der Waals surface area contributed by atoms with Crippen LogP contribution in [-0.4, -0.2) is 43.8 Å². The van der Waals surface area contributed by atoms with Crippen LogP contribution in [0.3, 0.4) is 0 Å². The van der Waals surface area contributed by atoms with Gasteiger partial charge in [-0.3, -0.25) is 9.59 Å². The first-order valence-electron chi connectivity index (χ1n) is 11.6. The van der Waals surface area contributed by atoms with Crippen molar-refractivity contribution >= 4 is 33.2 Å². The zero-order chi connectivity index (χ0) is 24.0. The molecule has 34 heavy (non-hydrogen) atoms. The lowest BCUT2D eigenvalue weighted by Crippen LogP contribution is -2.53. The van der Waals surface area contributed by atoms with Crippen molar-refractivity contribution < 1.29 is 18.0 Å². The highest BCUT2D eigenvalue weighted by Gasteiger charge is 2.37. The highest BCUT2D eigenvalue weighted by atomic mass is 32.2. The molecule has 9 heteroatoms. The molecule has 0 spiro atoms. The van der Waals surface area contributed by atoms with Crippen LogP contribution in [0.2, 0.25) is 0 Å². The molecular formula is C25H28N4O4S. The second-order valence-electron chi connectivity index (χ2n) is 9.11. The molecule has 178 valence electrons. The van der Waals surface area contributed by atoms with Gasteiger partial charge in [-0.25, -0.2) is 8.42 Å². The smallest absolute Gasteiger partial charge is 0.260 e. The summed E-state index contributed by atoms with van der Waals surface area (Å²) in [6, 6.07) is 12.3. The Kier molecular flexibility index (Phi) is 5.69. The molecule has 5 rings (SSSR count). The number of nitrogens with zero attached hydrogens (tertiary/aromatic N) is 3. The average Bonchev–Trinajstić information content (AvgIpc) is 3.33. The van der Waals surface area contributed by atoms with Crippen LogP contribution in [0.5, 0.6) is 0 Å². The number of rotatable bonds is 4. The van der Waals surface area contributed by atoms with E-state index in [1.165, 1.54) is 4.41 Å². The molecular weight excluding hydrogens is 452 g/mol. The Bertz CT molecular complexity index is 1260. The van der Waals surface area contributed by atoms with Gasteiger partial charge in [-0.15, -0.1) is 4.41 Å². The zero-order valence-corrected chi connectivity index (χ0v) is 20.1. The third-order valence-electron chi connectivity index (χ3n) is 6.86. The van der Waals surface area contributed by atoms with Crippen LogP contribution in [-0.2, 0) is 19.6 Å². The van der Waals surface area contributed by atoms with Gasteiger partial charge < -0.3 is 15.2 Å². The number of hydrogen-bond donors (Lipinski definition) is 1. The number of amides is 2. The van der Waals surface area contributed by atoms with Crippen molar-refractivity contribution in [3.8, 4) is 11.1 Å². The van der Waals surface area contributed by atoms with Crippen molar-refractivity contribution in [1.82, 2.24) is 9.84 Å². The molecule has 2 aromatic rings. The molecule has 0 saturated heterocycles. The maximum Gasteiger partial charge on any atom is 0.260 e. The third kappa shape index (κ3) is 3.78. The summed E-state index contributed by atoms with van der Waals surface area (Å²) in [6.45, 7) is 4.25. The molecule has 0 bridgehead atoms. The molecule has 2 aromatic carbocycles. The molecule has 2 aliphatic heterocycles. The monoisotopic (exact) mass is 480 g/mol. The summed E-state index contributed by atoms with van der Waals surface area (Å²) in [5, 5.41) is 0. The largest absolute Gasteiger partial charge is 0.313 e. The van der Waals surface area contributed by atoms with Crippen LogP contribution >= 0.6 is 0 Å². The van der Waals surface area contributed by atoms with Gasteiger partial charge >= 0.3 is 0 Å². The molecule has 1 N–H and O–H groups in total. The van der Waals surface area contributed by atoms with Gasteiger partial charge in [-0.05, 0) is 55.2 Å². The Morgan fingerprint density at radius 2 is 1.71 bits per heavy atom. The minimum atomic E-state index is -3.64. The van der Waals surface area contributed by atoms with Crippen LogP contribution < -0.4 is 15.2 Å². The van der Waals surface area contributed by atoms with Crippen LogP contribution in [0, 0.1) is 5.92 Å². The van der Waals surface area contributed by atoms with Crippen LogP contribution in [0.1, 0.15) is 33.1 Å². The number of anilines is 2. The van der Waals surface area contributed by atoms with Crippen molar-refractivity contribution in [3.63, 3.8) is 0 Å². The third-order valence-corrected chi connectivity index (χ3v) is 8.56. The number of benzene rings is 2. The molecule has 1 aliphatic carbocycles. The maximum absolute atomic E-state index is 13.2. The molecule has 1 saturated carbocycles. The van der Waals surface area contributed by atoms with E-state index in [1.54, 1.807) is 48.4 Å². The fourth-order valence-electron chi connectivity index (χ4n) is 4.82. The summed E-state index contributed by atoms with van der Waals surface area (Å²) < 4.78 is 26.7. The number of carbonyl (C=O) groups excluding carboxylic acids is 2. The lowest BCUT2D eigenvalue weighted by Gasteiger charge is -2.43. The number of carbonyl (C=O) groups is 2. The minimum absolute atomic E-state index is 0.0470. The highest BCUT2D eigenvalue weighted by Crippen LogP contribution is 2.41. The van der Waals surface area contributed by atoms with Gasteiger partial charge in [0, 0.05) is 25.6 Å². The SMILES string of the molecule is CC(=O)N1c2ccc(-c3ccc(S(=O)(=O)N4CC=CN4)cc3)cc2N(C(=O)C2CCC2)C[C@@H]1C. The summed E-state index contributed by atoms with van der Waals surface area (Å²) in [6.07, 6.45) is 6.23. The zero-order valence-electron chi connectivity index (χ0n) is 19.3. The normalized spacial score (nSPS) is 20.6. The number of fused-ring (bicyclic) bond motifs is 1. The number of sulfonamides is 1. The summed E-state index contributed by atoms with van der Waals surface area (Å²) in [4.78, 5) is 29.4. The van der Waals surface area contributed by atoms with E-state index in [2.05, 4.69) is 5.43 Å². The van der Waals surface area contributed by atoms with Crippen LogP contribution in [0.15, 0.2) is 59.6 Å². The fourth-order valence-corrected chi connectivity index (χ4v) is 6.04. The Labute approximate surface area is 199 Å². The van der Waals surface area contributed by atoms with Gasteiger partial charge in [0.05, 0.1) is 28.9 Å². The van der Waals surface area contributed by atoms with Gasteiger partial charge in [0.25, 0.3) is 10.0 Å². The second kappa shape index (κ2) is 8.56. The summed E-state index contributed by atoms with van der Waals surface area (Å²) in [7, 11) is -3.64. The Balaban J connectivity index is 1.50. The van der Waals surface area contributed by atoms with Gasteiger partial charge in [-0.1, -0.05) is 30.7 Å². The van der Waals surface area contributed by atoms with Gasteiger partial charge in [0.2, 0.25) is 11.8 Å². The average molecular weight is 481 g/mol. The van der Waals surface area contributed by atoms with Gasteiger partial charge in [0.15, 0.2) is 0 Å². The fraction of sp³-hybridized carbons (Fsp3) is 0.360. The summed E-state index contributed by atoms with van der Waals surface area (Å²) >= 11 is 0. The molecule has 2 heterocycles. The maximum atomic E-state index is 13.2. The number of hydrogen-bond acceptors (Lipinski definition) is 5. The van der Waals surface area contributed by atoms with Crippen molar-refractivity contribution in [2.24, 2.45) is 5.92 Å². The minimum Gasteiger partial charge on any atom is -0.313 e. The first-order valence-corrected chi connectivity index (χ1v) is 13.0. The summed E-state index contributed by atoms with van der Waals surface area (Å²) in [5.74, 6) is 0.107. The lowest BCUT2D eigenvalue weighted by atomic mass is 9.84. The van der Waals surface area contributed by atoms with E-state index >= 15 is 0 Å². The van der Waals surface area contributed by atoms with E-state index in [9.17, 15) is 18.0 Å². The number of nitrogens with one attached hydrogen (secondary N) is 1. The molecule has 2 amide bonds. The Morgan fingerprint density at radius 1 is 1.00 bits per heavy atom. The quantitative estimate of drug-likeness (QED) is 0.726. The van der Waals surface area contributed by atoms with E-state index in [0.717, 1.165) is 41.8 Å². The molecule has 1 atom stereocenters. The number of hydrazine groups is 1. The molecule has 1 fully saturated rings. The second-order valence-corrected chi connectivity index (χ2v) is 11.0. The molecule has 0 unspecified atom stereocenters. The van der Waals surface area contributed by atoms with Crippen molar-refractivity contribution in [3.05, 3.63) is 54.7 Å². The van der Waals surface area contributed by atoms with Crippen molar-refractivity contribution in [2.45, 2.75) is 44.0 Å². The van der Waals surface area contributed by atoms with Crippen LogP contribution in [0.25, 0.3) is 11.1 Å². The molecule has 3 aliphatic rings. The van der Waals surface area contributed by atoms with E-state index in [4.69, 9.17) is 0 Å². The molecule has 8 nitrogen and oxygen atoms in total. The predicted octanol–water partition coefficient (Wildman–Crippen LogP) is 3.26. The molecule has 0 radical (unpaired) electrons. The summed E-state index contributed by atoms with van der Waals surface area (Å²) in [5.41, 5.74) is 5.87. The van der Waals surface area contributed by atoms with Crippen molar-refractivity contribution in [1.29, 1.82) is 0 Å². The topological polar surface area (TPSA) is 90.0 Å².